The Morgan fingerprint density at radius 3 is 2.65 bits per heavy atom. The van der Waals surface area contributed by atoms with Gasteiger partial charge in [0, 0.05) is 27.2 Å². The number of anilines is 1. The second-order valence-corrected chi connectivity index (χ2v) is 3.85. The predicted molar refractivity (Wildman–Crippen MR) is 65.8 cm³/mol. The molecule has 1 aromatic rings. The van der Waals surface area contributed by atoms with Gasteiger partial charge < -0.3 is 15.4 Å². The van der Waals surface area contributed by atoms with Crippen LogP contribution in [0.25, 0.3) is 0 Å². The third-order valence-corrected chi connectivity index (χ3v) is 2.71. The minimum atomic E-state index is -0.106. The number of nitrogen functional groups attached to an aromatic ring is 1. The van der Waals surface area contributed by atoms with Crippen LogP contribution >= 0.6 is 0 Å². The average molecular weight is 240 g/mol. The molecule has 17 heavy (non-hydrogen) atoms. The summed E-state index contributed by atoms with van der Waals surface area (Å²) in [5.41, 5.74) is 7.44. The average Bonchev–Trinajstić information content (AvgIpc) is 2.54. The van der Waals surface area contributed by atoms with Crippen molar-refractivity contribution in [2.45, 2.75) is 13.8 Å². The third kappa shape index (κ3) is 2.76. The molecule has 1 amide bonds. The van der Waals surface area contributed by atoms with E-state index in [4.69, 9.17) is 10.5 Å². The molecule has 6 nitrogen and oxygen atoms in total. The van der Waals surface area contributed by atoms with Crippen molar-refractivity contribution in [3.63, 3.8) is 0 Å². The summed E-state index contributed by atoms with van der Waals surface area (Å²) in [6.07, 6.45) is 0. The van der Waals surface area contributed by atoms with Crippen LogP contribution in [0.4, 0.5) is 5.69 Å². The lowest BCUT2D eigenvalue weighted by molar-refractivity contribution is 0.0697. The molecule has 0 aromatic carbocycles. The molecular weight excluding hydrogens is 220 g/mol. The number of aromatic nitrogens is 2. The predicted octanol–water partition coefficient (Wildman–Crippen LogP) is 0.419. The monoisotopic (exact) mass is 240 g/mol. The summed E-state index contributed by atoms with van der Waals surface area (Å²) in [5, 5.41) is 4.14. The van der Waals surface area contributed by atoms with E-state index in [1.165, 1.54) is 4.68 Å². The fraction of sp³-hybridized carbons (Fsp3) is 0.636. The van der Waals surface area contributed by atoms with E-state index in [0.717, 1.165) is 0 Å². The van der Waals surface area contributed by atoms with Crippen molar-refractivity contribution in [2.24, 2.45) is 7.05 Å². The molecule has 0 bridgehead atoms. The molecule has 6 heteroatoms. The lowest BCUT2D eigenvalue weighted by Gasteiger charge is -2.20. The number of ether oxygens (including phenoxy) is 1. The molecule has 2 N–H and O–H groups in total. The van der Waals surface area contributed by atoms with Gasteiger partial charge >= 0.3 is 0 Å². The highest BCUT2D eigenvalue weighted by Crippen LogP contribution is 2.17. The van der Waals surface area contributed by atoms with E-state index >= 15 is 0 Å². The van der Waals surface area contributed by atoms with Gasteiger partial charge in [0.2, 0.25) is 0 Å². The van der Waals surface area contributed by atoms with E-state index in [1.54, 1.807) is 26.0 Å². The number of aryl methyl sites for hydroxylation is 2. The van der Waals surface area contributed by atoms with Gasteiger partial charge in [-0.1, -0.05) is 0 Å². The molecule has 0 unspecified atom stereocenters. The molecular formula is C11H20N4O2. The number of hydrogen-bond acceptors (Lipinski definition) is 4. The van der Waals surface area contributed by atoms with Gasteiger partial charge in [-0.25, -0.2) is 0 Å². The fourth-order valence-corrected chi connectivity index (χ4v) is 1.68. The Labute approximate surface area is 101 Å². The Morgan fingerprint density at radius 2 is 2.24 bits per heavy atom. The second kappa shape index (κ2) is 5.67. The zero-order valence-corrected chi connectivity index (χ0v) is 10.9. The summed E-state index contributed by atoms with van der Waals surface area (Å²) in [4.78, 5) is 14.0. The summed E-state index contributed by atoms with van der Waals surface area (Å²) in [5.74, 6) is -0.106. The molecule has 0 aliphatic heterocycles. The Hall–Kier alpha value is -1.56. The zero-order chi connectivity index (χ0) is 13.0. The molecule has 0 aliphatic carbocycles. The van der Waals surface area contributed by atoms with Crippen molar-refractivity contribution in [1.82, 2.24) is 14.7 Å². The van der Waals surface area contributed by atoms with Crippen LogP contribution in [0, 0.1) is 6.92 Å². The largest absolute Gasteiger partial charge is 0.395 e. The van der Waals surface area contributed by atoms with Crippen LogP contribution in [0.5, 0.6) is 0 Å². The standard InChI is InChI=1S/C11H20N4O2/c1-5-15(6-7-17-4)11(16)10-9(12)8(2)13-14(10)3/h5-7,12H2,1-4H3. The van der Waals surface area contributed by atoms with Crippen molar-refractivity contribution in [1.29, 1.82) is 0 Å². The maximum Gasteiger partial charge on any atom is 0.274 e. The summed E-state index contributed by atoms with van der Waals surface area (Å²) in [6.45, 7) is 5.39. The van der Waals surface area contributed by atoms with Gasteiger partial charge in [0.1, 0.15) is 5.69 Å². The van der Waals surface area contributed by atoms with Gasteiger partial charge in [0.25, 0.3) is 5.91 Å². The molecule has 0 fully saturated rings. The van der Waals surface area contributed by atoms with Gasteiger partial charge in [0.15, 0.2) is 0 Å². The molecule has 0 spiro atoms. The van der Waals surface area contributed by atoms with Crippen LogP contribution in [0.15, 0.2) is 0 Å². The highest BCUT2D eigenvalue weighted by atomic mass is 16.5. The van der Waals surface area contributed by atoms with Gasteiger partial charge in [-0.15, -0.1) is 0 Å². The molecule has 1 rings (SSSR count). The first kappa shape index (κ1) is 13.5. The molecule has 1 aromatic heterocycles. The first-order chi connectivity index (χ1) is 8.02. The molecule has 0 aliphatic rings. The minimum Gasteiger partial charge on any atom is -0.395 e. The number of methoxy groups -OCH3 is 1. The highest BCUT2D eigenvalue weighted by molar-refractivity contribution is 5.97. The van der Waals surface area contributed by atoms with Gasteiger partial charge in [-0.05, 0) is 13.8 Å². The van der Waals surface area contributed by atoms with Gasteiger partial charge in [0.05, 0.1) is 18.0 Å². The molecule has 0 atom stereocenters. The van der Waals surface area contributed by atoms with Crippen LogP contribution in [0.1, 0.15) is 23.1 Å². The van der Waals surface area contributed by atoms with Gasteiger partial charge in [-0.2, -0.15) is 5.10 Å². The third-order valence-electron chi connectivity index (χ3n) is 2.71. The number of nitrogens with zero attached hydrogens (tertiary/aromatic N) is 3. The Kier molecular flexibility index (Phi) is 4.51. The number of amides is 1. The highest BCUT2D eigenvalue weighted by Gasteiger charge is 2.22. The SMILES string of the molecule is CCN(CCOC)C(=O)c1c(N)c(C)nn1C. The maximum absolute atomic E-state index is 12.3. The van der Waals surface area contributed by atoms with Crippen molar-refractivity contribution in [3.05, 3.63) is 11.4 Å². The lowest BCUT2D eigenvalue weighted by Crippen LogP contribution is -2.35. The van der Waals surface area contributed by atoms with Crippen molar-refractivity contribution in [2.75, 3.05) is 32.5 Å². The second-order valence-electron chi connectivity index (χ2n) is 3.85. The first-order valence-electron chi connectivity index (χ1n) is 5.60. The van der Waals surface area contributed by atoms with E-state index in [9.17, 15) is 4.79 Å². The summed E-state index contributed by atoms with van der Waals surface area (Å²) in [7, 11) is 3.33. The number of carbonyl (C=O) groups excluding carboxylic acids is 1. The topological polar surface area (TPSA) is 73.4 Å². The number of hydrogen-bond donors (Lipinski definition) is 1. The Bertz CT molecular complexity index is 400. The summed E-state index contributed by atoms with van der Waals surface area (Å²) < 4.78 is 6.51. The van der Waals surface area contributed by atoms with E-state index in [1.807, 2.05) is 6.92 Å². The molecule has 0 saturated heterocycles. The van der Waals surface area contributed by atoms with E-state index in [2.05, 4.69) is 5.10 Å². The van der Waals surface area contributed by atoms with E-state index < -0.39 is 0 Å². The van der Waals surface area contributed by atoms with Crippen LogP contribution in [-0.2, 0) is 11.8 Å². The summed E-state index contributed by atoms with van der Waals surface area (Å²) in [6, 6.07) is 0. The van der Waals surface area contributed by atoms with Crippen LogP contribution in [-0.4, -0.2) is 47.4 Å². The normalized spacial score (nSPS) is 10.6. The fourth-order valence-electron chi connectivity index (χ4n) is 1.68. The van der Waals surface area contributed by atoms with E-state index in [0.29, 0.717) is 36.8 Å². The number of nitrogens with two attached hydrogens (primary N) is 1. The summed E-state index contributed by atoms with van der Waals surface area (Å²) >= 11 is 0. The number of rotatable bonds is 5. The number of likely N-dealkylation sites (N-methyl/N-ethyl adjacent to an activating group) is 1. The zero-order valence-electron chi connectivity index (χ0n) is 10.9. The molecule has 1 heterocycles. The first-order valence-corrected chi connectivity index (χ1v) is 5.60. The lowest BCUT2D eigenvalue weighted by atomic mass is 10.2. The van der Waals surface area contributed by atoms with Crippen LogP contribution in [0.2, 0.25) is 0 Å². The van der Waals surface area contributed by atoms with E-state index in [-0.39, 0.29) is 5.91 Å². The van der Waals surface area contributed by atoms with Crippen molar-refractivity contribution < 1.29 is 9.53 Å². The van der Waals surface area contributed by atoms with Crippen LogP contribution < -0.4 is 5.73 Å². The Morgan fingerprint density at radius 1 is 1.59 bits per heavy atom. The quantitative estimate of drug-likeness (QED) is 0.809. The minimum absolute atomic E-state index is 0.106. The molecule has 0 radical (unpaired) electrons. The van der Waals surface area contributed by atoms with Crippen molar-refractivity contribution >= 4 is 11.6 Å². The maximum atomic E-state index is 12.3. The van der Waals surface area contributed by atoms with Crippen molar-refractivity contribution in [3.8, 4) is 0 Å². The van der Waals surface area contributed by atoms with Gasteiger partial charge in [-0.3, -0.25) is 9.48 Å². The molecule has 96 valence electrons. The smallest absolute Gasteiger partial charge is 0.274 e. The Balaban J connectivity index is 2.93. The number of carbonyl (C=O) groups is 1. The molecule has 0 saturated carbocycles. The van der Waals surface area contributed by atoms with Crippen LogP contribution in [0.3, 0.4) is 0 Å².